The summed E-state index contributed by atoms with van der Waals surface area (Å²) in [4.78, 5) is 21.5. The van der Waals surface area contributed by atoms with Crippen molar-refractivity contribution in [1.82, 2.24) is 29.5 Å². The first-order chi connectivity index (χ1) is 12.4. The molecule has 11 heteroatoms. The van der Waals surface area contributed by atoms with Crippen LogP contribution in [0.25, 0.3) is 0 Å². The van der Waals surface area contributed by atoms with E-state index >= 15 is 0 Å². The molecular weight excluding hydrogens is 366 g/mol. The second-order valence-corrected chi connectivity index (χ2v) is 5.73. The van der Waals surface area contributed by atoms with Gasteiger partial charge in [0, 0.05) is 18.8 Å². The summed E-state index contributed by atoms with van der Waals surface area (Å²) in [7, 11) is 0. The Morgan fingerprint density at radius 1 is 1.27 bits per heavy atom. The van der Waals surface area contributed by atoms with Crippen LogP contribution in [0, 0.1) is 11.6 Å². The van der Waals surface area contributed by atoms with Crippen LogP contribution < -0.4 is 10.6 Å². The topological polar surface area (TPSA) is 98.6 Å². The highest BCUT2D eigenvalue weighted by molar-refractivity contribution is 6.28. The third-order valence-corrected chi connectivity index (χ3v) is 3.85. The lowest BCUT2D eigenvalue weighted by Gasteiger charge is -2.27. The molecule has 8 nitrogen and oxygen atoms in total. The van der Waals surface area contributed by atoms with Gasteiger partial charge in [-0.1, -0.05) is 0 Å². The van der Waals surface area contributed by atoms with Crippen molar-refractivity contribution < 1.29 is 8.78 Å². The van der Waals surface area contributed by atoms with E-state index in [2.05, 4.69) is 24.9 Å². The van der Waals surface area contributed by atoms with E-state index in [0.717, 1.165) is 12.3 Å². The minimum Gasteiger partial charge on any atom is -0.368 e. The second kappa shape index (κ2) is 7.16. The van der Waals surface area contributed by atoms with Gasteiger partial charge in [-0.3, -0.25) is 9.88 Å². The molecule has 1 atom stereocenters. The van der Waals surface area contributed by atoms with Crippen LogP contribution in [0.3, 0.4) is 0 Å². The number of anilines is 3. The Hall–Kier alpha value is -2.88. The monoisotopic (exact) mass is 380 g/mol. The van der Waals surface area contributed by atoms with Gasteiger partial charge in [0.05, 0.1) is 24.3 Å². The molecule has 26 heavy (non-hydrogen) atoms. The van der Waals surface area contributed by atoms with Gasteiger partial charge in [-0.2, -0.15) is 15.0 Å². The summed E-state index contributed by atoms with van der Waals surface area (Å²) in [6, 6.07) is 0.0322. The fourth-order valence-electron chi connectivity index (χ4n) is 2.44. The molecule has 0 unspecified atom stereocenters. The molecule has 0 aromatic carbocycles. The Morgan fingerprint density at radius 3 is 2.65 bits per heavy atom. The first kappa shape index (κ1) is 17.9. The number of imidazole rings is 1. The van der Waals surface area contributed by atoms with Crippen LogP contribution in [0.1, 0.15) is 25.6 Å². The summed E-state index contributed by atoms with van der Waals surface area (Å²) in [5.74, 6) is -1.17. The second-order valence-electron chi connectivity index (χ2n) is 5.39. The van der Waals surface area contributed by atoms with Gasteiger partial charge in [0.2, 0.25) is 17.2 Å². The molecule has 0 saturated heterocycles. The Labute approximate surface area is 152 Å². The summed E-state index contributed by atoms with van der Waals surface area (Å²) >= 11 is 5.88. The molecule has 0 radical (unpaired) electrons. The van der Waals surface area contributed by atoms with Crippen LogP contribution >= 0.6 is 11.6 Å². The number of hydrogen-bond acceptors (Lipinski definition) is 7. The van der Waals surface area contributed by atoms with Gasteiger partial charge in [0.15, 0.2) is 5.82 Å². The molecule has 2 N–H and O–H groups in total. The molecule has 136 valence electrons. The minimum atomic E-state index is -0.800. The van der Waals surface area contributed by atoms with Gasteiger partial charge in [0.1, 0.15) is 11.6 Å². The van der Waals surface area contributed by atoms with Crippen molar-refractivity contribution >= 4 is 29.3 Å². The summed E-state index contributed by atoms with van der Waals surface area (Å²) in [5.41, 5.74) is 5.65. The highest BCUT2D eigenvalue weighted by atomic mass is 35.5. The van der Waals surface area contributed by atoms with Crippen molar-refractivity contribution in [3.8, 4) is 0 Å². The molecule has 0 fully saturated rings. The zero-order valence-corrected chi connectivity index (χ0v) is 14.7. The lowest BCUT2D eigenvalue weighted by Crippen LogP contribution is -2.26. The van der Waals surface area contributed by atoms with Gasteiger partial charge < -0.3 is 10.3 Å². The number of nitrogen functional groups attached to an aromatic ring is 1. The van der Waals surface area contributed by atoms with Crippen LogP contribution in [0.2, 0.25) is 5.28 Å². The number of nitrogens with two attached hydrogens (primary N) is 1. The molecule has 0 amide bonds. The number of pyridine rings is 1. The zero-order valence-electron chi connectivity index (χ0n) is 13.9. The van der Waals surface area contributed by atoms with Gasteiger partial charge >= 0.3 is 0 Å². The molecule has 0 spiro atoms. The molecule has 3 heterocycles. The Balaban J connectivity index is 2.13. The lowest BCUT2D eigenvalue weighted by atomic mass is 10.1. The molecule has 0 aliphatic heterocycles. The Morgan fingerprint density at radius 2 is 2.04 bits per heavy atom. The fourth-order valence-corrected chi connectivity index (χ4v) is 2.60. The van der Waals surface area contributed by atoms with Crippen molar-refractivity contribution in [2.45, 2.75) is 26.4 Å². The van der Waals surface area contributed by atoms with Crippen molar-refractivity contribution in [1.29, 1.82) is 0 Å². The molecule has 3 rings (SSSR count). The van der Waals surface area contributed by atoms with Crippen molar-refractivity contribution in [3.05, 3.63) is 47.4 Å². The molecule has 3 aromatic rings. The maximum Gasteiger partial charge on any atom is 0.237 e. The number of aromatic nitrogens is 6. The molecule has 0 aliphatic rings. The average Bonchev–Trinajstić information content (AvgIpc) is 3.02. The van der Waals surface area contributed by atoms with Crippen LogP contribution in [-0.4, -0.2) is 29.5 Å². The molecular formula is C15H15ClF2N8. The summed E-state index contributed by atoms with van der Waals surface area (Å²) in [6.45, 7) is 4.28. The van der Waals surface area contributed by atoms with Crippen LogP contribution in [-0.2, 0) is 6.54 Å². The van der Waals surface area contributed by atoms with Crippen LogP contribution in [0.5, 0.6) is 0 Å². The highest BCUT2D eigenvalue weighted by Gasteiger charge is 2.27. The van der Waals surface area contributed by atoms with Crippen LogP contribution in [0.15, 0.2) is 24.8 Å². The number of nitrogens with zero attached hydrogens (tertiary/aromatic N) is 7. The number of rotatable bonds is 5. The third kappa shape index (κ3) is 3.54. The quantitative estimate of drug-likeness (QED) is 0.726. The van der Waals surface area contributed by atoms with Gasteiger partial charge in [0.25, 0.3) is 0 Å². The standard InChI is InChI=1S/C15H15ClF2N8/c1-3-25-6-11(21-7-25)26(15-23-13(16)22-14(19)24-15)8(2)12-10(18)4-9(17)5-20-12/h4-8H,3H2,1-2H3,(H2,19,22,23,24)/t8-/m0/s1. The third-order valence-electron chi connectivity index (χ3n) is 3.68. The normalized spacial score (nSPS) is 12.2. The van der Waals surface area contributed by atoms with Crippen molar-refractivity contribution in [2.24, 2.45) is 0 Å². The number of halogens is 3. The first-order valence-electron chi connectivity index (χ1n) is 7.68. The average molecular weight is 381 g/mol. The van der Waals surface area contributed by atoms with Gasteiger partial charge in [-0.05, 0) is 25.4 Å². The van der Waals surface area contributed by atoms with Crippen molar-refractivity contribution in [2.75, 3.05) is 10.6 Å². The number of aryl methyl sites for hydroxylation is 1. The Kier molecular flexibility index (Phi) is 4.94. The largest absolute Gasteiger partial charge is 0.368 e. The van der Waals surface area contributed by atoms with Gasteiger partial charge in [-0.15, -0.1) is 0 Å². The van der Waals surface area contributed by atoms with Gasteiger partial charge in [-0.25, -0.2) is 13.8 Å². The van der Waals surface area contributed by atoms with E-state index in [1.165, 1.54) is 4.90 Å². The predicted octanol–water partition coefficient (Wildman–Crippen LogP) is 2.90. The predicted molar refractivity (Wildman–Crippen MR) is 91.9 cm³/mol. The fraction of sp³-hybridized carbons (Fsp3) is 0.267. The van der Waals surface area contributed by atoms with Crippen LogP contribution in [0.4, 0.5) is 26.5 Å². The smallest absolute Gasteiger partial charge is 0.237 e. The van der Waals surface area contributed by atoms with Crippen molar-refractivity contribution in [3.63, 3.8) is 0 Å². The maximum absolute atomic E-state index is 14.3. The van der Waals surface area contributed by atoms with E-state index in [4.69, 9.17) is 17.3 Å². The SMILES string of the molecule is CCn1cnc(N(c2nc(N)nc(Cl)n2)[C@@H](C)c2ncc(F)cc2F)c1. The first-order valence-corrected chi connectivity index (χ1v) is 8.05. The van der Waals surface area contributed by atoms with E-state index in [1.54, 1.807) is 19.4 Å². The summed E-state index contributed by atoms with van der Waals surface area (Å²) in [5, 5.41) is -0.118. The van der Waals surface area contributed by atoms with E-state index in [1.807, 2.05) is 11.5 Å². The zero-order chi connectivity index (χ0) is 18.8. The molecule has 0 bridgehead atoms. The highest BCUT2D eigenvalue weighted by Crippen LogP contribution is 2.32. The van der Waals surface area contributed by atoms with E-state index in [0.29, 0.717) is 12.4 Å². The minimum absolute atomic E-state index is 0.00689. The lowest BCUT2D eigenvalue weighted by molar-refractivity contribution is 0.540. The number of hydrogen-bond donors (Lipinski definition) is 1. The van der Waals surface area contributed by atoms with E-state index in [9.17, 15) is 8.78 Å². The van der Waals surface area contributed by atoms with E-state index in [-0.39, 0.29) is 22.9 Å². The van der Waals surface area contributed by atoms with E-state index < -0.39 is 17.7 Å². The summed E-state index contributed by atoms with van der Waals surface area (Å²) in [6.07, 6.45) is 4.27. The molecule has 0 aliphatic carbocycles. The Bertz CT molecular complexity index is 912. The molecule has 0 saturated carbocycles. The summed E-state index contributed by atoms with van der Waals surface area (Å²) < 4.78 is 29.3. The maximum atomic E-state index is 14.3. The molecule has 3 aromatic heterocycles.